The van der Waals surface area contributed by atoms with Crippen LogP contribution in [0.5, 0.6) is 0 Å². The van der Waals surface area contributed by atoms with Gasteiger partial charge in [-0.2, -0.15) is 11.3 Å². The van der Waals surface area contributed by atoms with Crippen molar-refractivity contribution in [3.05, 3.63) is 58.0 Å². The van der Waals surface area contributed by atoms with Crippen molar-refractivity contribution in [3.63, 3.8) is 0 Å². The summed E-state index contributed by atoms with van der Waals surface area (Å²) in [6.07, 6.45) is 0.836. The zero-order chi connectivity index (χ0) is 14.9. The molecule has 0 amide bonds. The van der Waals surface area contributed by atoms with Gasteiger partial charge in [0.1, 0.15) is 5.82 Å². The third-order valence-electron chi connectivity index (χ3n) is 2.96. The minimum Gasteiger partial charge on any atom is -0.357 e. The van der Waals surface area contributed by atoms with E-state index in [1.165, 1.54) is 17.7 Å². The van der Waals surface area contributed by atoms with Gasteiger partial charge in [-0.15, -0.1) is 0 Å². The Morgan fingerprint density at radius 2 is 1.95 bits per heavy atom. The highest BCUT2D eigenvalue weighted by molar-refractivity contribution is 7.07. The van der Waals surface area contributed by atoms with Crippen LogP contribution < -0.4 is 10.6 Å². The maximum atomic E-state index is 12.8. The van der Waals surface area contributed by atoms with Crippen molar-refractivity contribution in [1.29, 1.82) is 0 Å². The first-order valence-electron chi connectivity index (χ1n) is 7.05. The molecule has 0 radical (unpaired) electrons. The smallest absolute Gasteiger partial charge is 0.191 e. The van der Waals surface area contributed by atoms with Crippen LogP contribution in [0.1, 0.15) is 18.1 Å². The number of thiophene rings is 1. The summed E-state index contributed by atoms with van der Waals surface area (Å²) in [6.45, 7) is 4.31. The van der Waals surface area contributed by atoms with E-state index in [-0.39, 0.29) is 5.82 Å². The summed E-state index contributed by atoms with van der Waals surface area (Å²) in [5.74, 6) is 0.614. The van der Waals surface area contributed by atoms with Gasteiger partial charge in [0.2, 0.25) is 0 Å². The molecule has 2 N–H and O–H groups in total. The van der Waals surface area contributed by atoms with E-state index in [0.717, 1.165) is 31.0 Å². The average Bonchev–Trinajstić information content (AvgIpc) is 3.00. The van der Waals surface area contributed by atoms with Gasteiger partial charge in [-0.1, -0.05) is 12.1 Å². The largest absolute Gasteiger partial charge is 0.357 e. The highest BCUT2D eigenvalue weighted by Crippen LogP contribution is 2.06. The summed E-state index contributed by atoms with van der Waals surface area (Å²) >= 11 is 1.68. The van der Waals surface area contributed by atoms with Crippen molar-refractivity contribution in [2.75, 3.05) is 13.1 Å². The second kappa shape index (κ2) is 8.42. The molecule has 0 saturated heterocycles. The van der Waals surface area contributed by atoms with Crippen molar-refractivity contribution in [2.45, 2.75) is 19.9 Å². The van der Waals surface area contributed by atoms with Crippen LogP contribution in [0.25, 0.3) is 0 Å². The zero-order valence-electron chi connectivity index (χ0n) is 12.1. The molecule has 1 aromatic carbocycles. The molecule has 2 rings (SSSR count). The summed E-state index contributed by atoms with van der Waals surface area (Å²) in [6, 6.07) is 8.69. The Kier molecular flexibility index (Phi) is 6.22. The molecule has 1 aromatic heterocycles. The number of rotatable bonds is 6. The normalized spacial score (nSPS) is 11.4. The molecule has 0 unspecified atom stereocenters. The lowest BCUT2D eigenvalue weighted by molar-refractivity contribution is 0.626. The Labute approximate surface area is 128 Å². The molecule has 0 saturated carbocycles. The lowest BCUT2D eigenvalue weighted by Crippen LogP contribution is -2.38. The van der Waals surface area contributed by atoms with Gasteiger partial charge >= 0.3 is 0 Å². The van der Waals surface area contributed by atoms with Crippen LogP contribution in [0.4, 0.5) is 4.39 Å². The number of benzene rings is 1. The summed E-state index contributed by atoms with van der Waals surface area (Å²) in [4.78, 5) is 4.54. The van der Waals surface area contributed by atoms with Gasteiger partial charge in [0.25, 0.3) is 0 Å². The molecule has 3 nitrogen and oxygen atoms in total. The van der Waals surface area contributed by atoms with Crippen molar-refractivity contribution in [2.24, 2.45) is 4.99 Å². The van der Waals surface area contributed by atoms with Crippen LogP contribution in [0.2, 0.25) is 0 Å². The maximum Gasteiger partial charge on any atom is 0.191 e. The van der Waals surface area contributed by atoms with Gasteiger partial charge in [0, 0.05) is 13.1 Å². The fourth-order valence-corrected chi connectivity index (χ4v) is 2.53. The number of guanidine groups is 1. The molecule has 1 heterocycles. The molecule has 0 aliphatic carbocycles. The molecule has 2 aromatic rings. The molecule has 0 aliphatic rings. The van der Waals surface area contributed by atoms with Crippen molar-refractivity contribution >= 4 is 17.3 Å². The lowest BCUT2D eigenvalue weighted by atomic mass is 10.1. The number of nitrogens with one attached hydrogen (secondary N) is 2. The number of aliphatic imine (C=N–C) groups is 1. The van der Waals surface area contributed by atoms with E-state index >= 15 is 0 Å². The van der Waals surface area contributed by atoms with Crippen molar-refractivity contribution < 1.29 is 4.39 Å². The first-order chi connectivity index (χ1) is 10.3. The molecular formula is C16H20FN3S. The molecule has 0 atom stereocenters. The second-order valence-electron chi connectivity index (χ2n) is 4.63. The van der Waals surface area contributed by atoms with Gasteiger partial charge in [0.05, 0.1) is 6.54 Å². The second-order valence-corrected chi connectivity index (χ2v) is 5.41. The standard InChI is InChI=1S/C16H20FN3S/c1-2-18-16(20-11-14-8-10-21-12-14)19-9-7-13-3-5-15(17)6-4-13/h3-6,8,10,12H,2,7,9,11H2,1H3,(H2,18,19,20). The van der Waals surface area contributed by atoms with Crippen LogP contribution in [-0.2, 0) is 13.0 Å². The summed E-state index contributed by atoms with van der Waals surface area (Å²) in [5, 5.41) is 10.7. The van der Waals surface area contributed by atoms with Gasteiger partial charge in [-0.3, -0.25) is 0 Å². The molecular weight excluding hydrogens is 285 g/mol. The predicted octanol–water partition coefficient (Wildman–Crippen LogP) is 3.19. The molecule has 0 spiro atoms. The Hall–Kier alpha value is -1.88. The Balaban J connectivity index is 1.82. The Bertz CT molecular complexity index is 549. The fourth-order valence-electron chi connectivity index (χ4n) is 1.87. The predicted molar refractivity (Wildman–Crippen MR) is 87.2 cm³/mol. The molecule has 21 heavy (non-hydrogen) atoms. The van der Waals surface area contributed by atoms with Crippen LogP contribution in [0.3, 0.4) is 0 Å². The minimum absolute atomic E-state index is 0.197. The van der Waals surface area contributed by atoms with Crippen LogP contribution in [0.15, 0.2) is 46.1 Å². The molecule has 0 aliphatic heterocycles. The summed E-state index contributed by atoms with van der Waals surface area (Å²) in [7, 11) is 0. The highest BCUT2D eigenvalue weighted by atomic mass is 32.1. The van der Waals surface area contributed by atoms with E-state index in [0.29, 0.717) is 6.54 Å². The summed E-state index contributed by atoms with van der Waals surface area (Å²) in [5.41, 5.74) is 2.33. The van der Waals surface area contributed by atoms with E-state index in [1.807, 2.05) is 19.1 Å². The minimum atomic E-state index is -0.197. The fraction of sp³-hybridized carbons (Fsp3) is 0.312. The number of halogens is 1. The number of hydrogen-bond donors (Lipinski definition) is 2. The molecule has 5 heteroatoms. The van der Waals surface area contributed by atoms with E-state index < -0.39 is 0 Å². The summed E-state index contributed by atoms with van der Waals surface area (Å²) < 4.78 is 12.8. The quantitative estimate of drug-likeness (QED) is 0.635. The van der Waals surface area contributed by atoms with E-state index in [9.17, 15) is 4.39 Å². The zero-order valence-corrected chi connectivity index (χ0v) is 12.9. The van der Waals surface area contributed by atoms with E-state index in [4.69, 9.17) is 0 Å². The van der Waals surface area contributed by atoms with Gasteiger partial charge in [0.15, 0.2) is 5.96 Å². The Morgan fingerprint density at radius 1 is 1.14 bits per heavy atom. The van der Waals surface area contributed by atoms with Gasteiger partial charge < -0.3 is 10.6 Å². The molecule has 0 fully saturated rings. The molecule has 112 valence electrons. The number of hydrogen-bond acceptors (Lipinski definition) is 2. The van der Waals surface area contributed by atoms with E-state index in [1.54, 1.807) is 11.3 Å². The third-order valence-corrected chi connectivity index (χ3v) is 3.70. The lowest BCUT2D eigenvalue weighted by Gasteiger charge is -2.11. The van der Waals surface area contributed by atoms with Crippen LogP contribution in [0, 0.1) is 5.82 Å². The monoisotopic (exact) mass is 305 g/mol. The first kappa shape index (κ1) is 15.5. The molecule has 0 bridgehead atoms. The maximum absolute atomic E-state index is 12.8. The Morgan fingerprint density at radius 3 is 2.62 bits per heavy atom. The van der Waals surface area contributed by atoms with E-state index in [2.05, 4.69) is 32.5 Å². The van der Waals surface area contributed by atoms with Gasteiger partial charge in [-0.25, -0.2) is 9.38 Å². The van der Waals surface area contributed by atoms with Crippen molar-refractivity contribution in [1.82, 2.24) is 10.6 Å². The van der Waals surface area contributed by atoms with Crippen LogP contribution in [-0.4, -0.2) is 19.0 Å². The average molecular weight is 305 g/mol. The van der Waals surface area contributed by atoms with Crippen molar-refractivity contribution in [3.8, 4) is 0 Å². The van der Waals surface area contributed by atoms with Gasteiger partial charge in [-0.05, 0) is 53.4 Å². The number of nitrogens with zero attached hydrogens (tertiary/aromatic N) is 1. The topological polar surface area (TPSA) is 36.4 Å². The first-order valence-corrected chi connectivity index (χ1v) is 8.00. The third kappa shape index (κ3) is 5.55. The van der Waals surface area contributed by atoms with Crippen LogP contribution >= 0.6 is 11.3 Å². The SMILES string of the molecule is CCNC(=NCc1ccsc1)NCCc1ccc(F)cc1. The highest BCUT2D eigenvalue weighted by Gasteiger charge is 1.99.